The molecule has 0 radical (unpaired) electrons. The van der Waals surface area contributed by atoms with Gasteiger partial charge in [-0.2, -0.15) is 0 Å². The van der Waals surface area contributed by atoms with Crippen LogP contribution in [0.25, 0.3) is 22.2 Å². The second-order valence-electron chi connectivity index (χ2n) is 5.37. The van der Waals surface area contributed by atoms with Gasteiger partial charge in [0.15, 0.2) is 0 Å². The highest BCUT2D eigenvalue weighted by Gasteiger charge is 2.26. The number of aryl methyl sites for hydroxylation is 1. The maximum Gasteiger partial charge on any atom is 0.336 e. The normalized spacial score (nSPS) is 12.8. The lowest BCUT2D eigenvalue weighted by molar-refractivity contribution is 0.0698. The lowest BCUT2D eigenvalue weighted by Gasteiger charge is -2.21. The van der Waals surface area contributed by atoms with Crippen LogP contribution in [0.4, 0.5) is 4.39 Å². The molecule has 23 heavy (non-hydrogen) atoms. The van der Waals surface area contributed by atoms with E-state index in [1.807, 2.05) is 19.1 Å². The Morgan fingerprint density at radius 1 is 1.26 bits per heavy atom. The van der Waals surface area contributed by atoms with E-state index in [4.69, 9.17) is 0 Å². The van der Waals surface area contributed by atoms with Crippen LogP contribution in [0.3, 0.4) is 0 Å². The Morgan fingerprint density at radius 3 is 2.87 bits per heavy atom. The zero-order valence-electron chi connectivity index (χ0n) is 12.1. The van der Waals surface area contributed by atoms with Crippen molar-refractivity contribution >= 4 is 28.6 Å². The monoisotopic (exact) mass is 326 g/mol. The standard InChI is InChI=1S/C17H11FN2O2S/c1-8-2-4-10-15-12(7-23-16(10)19-8)14(17(21)22)11-6-9(18)3-5-13(11)20-15/h2-6H,7H2,1H3,(H,21,22). The molecule has 4 rings (SSSR count). The van der Waals surface area contributed by atoms with Gasteiger partial charge < -0.3 is 5.11 Å². The lowest BCUT2D eigenvalue weighted by atomic mass is 9.98. The number of hydrogen-bond donors (Lipinski definition) is 1. The number of rotatable bonds is 1. The highest BCUT2D eigenvalue weighted by Crippen LogP contribution is 2.42. The van der Waals surface area contributed by atoms with Crippen LogP contribution in [0.15, 0.2) is 35.4 Å². The predicted molar refractivity (Wildman–Crippen MR) is 86.2 cm³/mol. The van der Waals surface area contributed by atoms with Crippen LogP contribution in [0.2, 0.25) is 0 Å². The molecule has 1 aliphatic heterocycles. The highest BCUT2D eigenvalue weighted by molar-refractivity contribution is 7.98. The van der Waals surface area contributed by atoms with E-state index < -0.39 is 11.8 Å². The number of fused-ring (bicyclic) bond motifs is 4. The molecule has 0 saturated carbocycles. The van der Waals surface area contributed by atoms with Gasteiger partial charge in [-0.3, -0.25) is 0 Å². The predicted octanol–water partition coefficient (Wildman–Crippen LogP) is 4.05. The van der Waals surface area contributed by atoms with Crippen molar-refractivity contribution in [2.75, 3.05) is 0 Å². The molecule has 1 N–H and O–H groups in total. The van der Waals surface area contributed by atoms with Crippen LogP contribution in [0.1, 0.15) is 21.6 Å². The van der Waals surface area contributed by atoms with E-state index in [0.29, 0.717) is 27.9 Å². The molecule has 0 bridgehead atoms. The number of aromatic carboxylic acids is 1. The quantitative estimate of drug-likeness (QED) is 0.731. The van der Waals surface area contributed by atoms with Gasteiger partial charge in [0.05, 0.1) is 16.8 Å². The van der Waals surface area contributed by atoms with Crippen molar-refractivity contribution in [1.82, 2.24) is 9.97 Å². The molecule has 0 aliphatic carbocycles. The molecular formula is C17H11FN2O2S. The first-order chi connectivity index (χ1) is 11.0. The third-order valence-corrected chi connectivity index (χ3v) is 4.89. The molecule has 0 fully saturated rings. The lowest BCUT2D eigenvalue weighted by Crippen LogP contribution is -2.10. The van der Waals surface area contributed by atoms with Gasteiger partial charge in [-0.05, 0) is 37.3 Å². The number of carboxylic acid groups (broad SMARTS) is 1. The van der Waals surface area contributed by atoms with Crippen LogP contribution in [0, 0.1) is 12.7 Å². The molecule has 4 nitrogen and oxygen atoms in total. The van der Waals surface area contributed by atoms with Gasteiger partial charge in [-0.25, -0.2) is 19.2 Å². The molecule has 6 heteroatoms. The summed E-state index contributed by atoms with van der Waals surface area (Å²) in [4.78, 5) is 20.9. The number of aromatic nitrogens is 2. The zero-order valence-corrected chi connectivity index (χ0v) is 12.9. The van der Waals surface area contributed by atoms with Crippen molar-refractivity contribution in [3.63, 3.8) is 0 Å². The number of carbonyl (C=O) groups is 1. The Balaban J connectivity index is 2.11. The summed E-state index contributed by atoms with van der Waals surface area (Å²) in [6.45, 7) is 1.91. The SMILES string of the molecule is Cc1ccc2c(n1)SCc1c-2nc2ccc(F)cc2c1C(=O)O. The maximum atomic E-state index is 13.6. The van der Waals surface area contributed by atoms with Crippen molar-refractivity contribution in [2.45, 2.75) is 17.7 Å². The Hall–Kier alpha value is -2.47. The summed E-state index contributed by atoms with van der Waals surface area (Å²) in [5, 5.41) is 10.8. The summed E-state index contributed by atoms with van der Waals surface area (Å²) in [5.41, 5.74) is 3.59. The third kappa shape index (κ3) is 2.17. The number of pyridine rings is 2. The Labute approximate surface area is 135 Å². The number of halogens is 1. The van der Waals surface area contributed by atoms with Gasteiger partial charge in [0, 0.05) is 28.0 Å². The van der Waals surface area contributed by atoms with E-state index >= 15 is 0 Å². The molecule has 3 aromatic rings. The number of hydrogen-bond acceptors (Lipinski definition) is 4. The van der Waals surface area contributed by atoms with Gasteiger partial charge >= 0.3 is 5.97 Å². The first kappa shape index (κ1) is 14.1. The first-order valence-corrected chi connectivity index (χ1v) is 7.99. The Morgan fingerprint density at radius 2 is 2.09 bits per heavy atom. The Bertz CT molecular complexity index is 988. The molecule has 1 aliphatic rings. The van der Waals surface area contributed by atoms with Crippen LogP contribution in [-0.2, 0) is 5.75 Å². The molecule has 0 atom stereocenters. The second-order valence-corrected chi connectivity index (χ2v) is 6.34. The summed E-state index contributed by atoms with van der Waals surface area (Å²) in [6.07, 6.45) is 0. The highest BCUT2D eigenvalue weighted by atomic mass is 32.2. The minimum atomic E-state index is -1.07. The Kier molecular flexibility index (Phi) is 3.09. The molecule has 0 spiro atoms. The molecule has 0 saturated heterocycles. The fourth-order valence-corrected chi connectivity index (χ4v) is 3.94. The van der Waals surface area contributed by atoms with Gasteiger partial charge in [0.25, 0.3) is 0 Å². The van der Waals surface area contributed by atoms with E-state index in [1.54, 1.807) is 0 Å². The number of nitrogens with zero attached hydrogens (tertiary/aromatic N) is 2. The molecule has 0 amide bonds. The smallest absolute Gasteiger partial charge is 0.336 e. The minimum Gasteiger partial charge on any atom is -0.478 e. The summed E-state index contributed by atoms with van der Waals surface area (Å²) in [6, 6.07) is 7.83. The van der Waals surface area contributed by atoms with E-state index in [0.717, 1.165) is 16.3 Å². The first-order valence-electron chi connectivity index (χ1n) is 7.01. The van der Waals surface area contributed by atoms with E-state index in [9.17, 15) is 14.3 Å². The van der Waals surface area contributed by atoms with Crippen LogP contribution in [0.5, 0.6) is 0 Å². The third-order valence-electron chi connectivity index (χ3n) is 3.87. The van der Waals surface area contributed by atoms with E-state index in [2.05, 4.69) is 9.97 Å². The van der Waals surface area contributed by atoms with Gasteiger partial charge in [0.2, 0.25) is 0 Å². The minimum absolute atomic E-state index is 0.128. The summed E-state index contributed by atoms with van der Waals surface area (Å²) < 4.78 is 13.6. The molecular weight excluding hydrogens is 315 g/mol. The number of benzene rings is 1. The average Bonchev–Trinajstić information content (AvgIpc) is 2.52. The maximum absolute atomic E-state index is 13.6. The molecule has 1 aromatic carbocycles. The molecule has 3 heterocycles. The number of thioether (sulfide) groups is 1. The average molecular weight is 326 g/mol. The second kappa shape index (κ2) is 5.03. The van der Waals surface area contributed by atoms with Crippen LogP contribution < -0.4 is 0 Å². The molecule has 0 unspecified atom stereocenters. The topological polar surface area (TPSA) is 63.1 Å². The van der Waals surface area contributed by atoms with Gasteiger partial charge in [-0.15, -0.1) is 11.8 Å². The van der Waals surface area contributed by atoms with Crippen molar-refractivity contribution in [3.8, 4) is 11.3 Å². The fourth-order valence-electron chi connectivity index (χ4n) is 2.85. The molecule has 2 aromatic heterocycles. The van der Waals surface area contributed by atoms with E-state index in [-0.39, 0.29) is 5.56 Å². The van der Waals surface area contributed by atoms with Gasteiger partial charge in [-0.1, -0.05) is 0 Å². The van der Waals surface area contributed by atoms with E-state index in [1.165, 1.54) is 30.0 Å². The summed E-state index contributed by atoms with van der Waals surface area (Å²) in [7, 11) is 0. The van der Waals surface area contributed by atoms with Crippen molar-refractivity contribution in [2.24, 2.45) is 0 Å². The summed E-state index contributed by atoms with van der Waals surface area (Å²) in [5.74, 6) is -1.08. The summed E-state index contributed by atoms with van der Waals surface area (Å²) >= 11 is 1.48. The number of carboxylic acids is 1. The fraction of sp³-hybridized carbons (Fsp3) is 0.118. The largest absolute Gasteiger partial charge is 0.478 e. The zero-order chi connectivity index (χ0) is 16.1. The van der Waals surface area contributed by atoms with Gasteiger partial charge in [0.1, 0.15) is 10.8 Å². The van der Waals surface area contributed by atoms with Crippen molar-refractivity contribution < 1.29 is 14.3 Å². The van der Waals surface area contributed by atoms with Crippen LogP contribution in [-0.4, -0.2) is 21.0 Å². The van der Waals surface area contributed by atoms with Crippen LogP contribution >= 0.6 is 11.8 Å². The van der Waals surface area contributed by atoms with Crippen molar-refractivity contribution in [3.05, 3.63) is 53.0 Å². The molecule has 114 valence electrons. The van der Waals surface area contributed by atoms with Crippen molar-refractivity contribution in [1.29, 1.82) is 0 Å².